The Kier molecular flexibility index (Phi) is 4.91. The molecule has 0 bridgehead atoms. The minimum Gasteiger partial charge on any atom is -0.423 e. The van der Waals surface area contributed by atoms with E-state index in [0.717, 1.165) is 12.0 Å². The smallest absolute Gasteiger partial charge is 0.251 e. The molecule has 6 heteroatoms. The first-order valence-electron chi connectivity index (χ1n) is 7.60. The molecule has 0 unspecified atom stereocenters. The summed E-state index contributed by atoms with van der Waals surface area (Å²) in [6.45, 7) is 2.02. The van der Waals surface area contributed by atoms with E-state index in [1.165, 1.54) is 6.39 Å². The second kappa shape index (κ2) is 7.27. The van der Waals surface area contributed by atoms with E-state index in [1.54, 1.807) is 18.2 Å². The van der Waals surface area contributed by atoms with Crippen molar-refractivity contribution in [2.45, 2.75) is 19.4 Å². The molecule has 0 spiro atoms. The molecule has 1 atom stereocenters. The summed E-state index contributed by atoms with van der Waals surface area (Å²) in [5.41, 5.74) is 2.26. The molecule has 3 rings (SSSR count). The third-order valence-corrected chi connectivity index (χ3v) is 3.97. The van der Waals surface area contributed by atoms with E-state index in [4.69, 9.17) is 16.0 Å². The molecule has 0 aliphatic rings. The van der Waals surface area contributed by atoms with Crippen LogP contribution in [-0.4, -0.2) is 16.1 Å². The van der Waals surface area contributed by atoms with Gasteiger partial charge >= 0.3 is 0 Å². The number of carbonyl (C=O) groups excluding carboxylic acids is 1. The van der Waals surface area contributed by atoms with E-state index in [1.807, 2.05) is 37.3 Å². The Bertz CT molecular complexity index is 817. The fraction of sp³-hybridized carbons (Fsp3) is 0.167. The van der Waals surface area contributed by atoms with Crippen molar-refractivity contribution in [1.29, 1.82) is 0 Å². The summed E-state index contributed by atoms with van der Waals surface area (Å²) in [4.78, 5) is 12.6. The van der Waals surface area contributed by atoms with Crippen molar-refractivity contribution in [3.8, 4) is 11.5 Å². The molecule has 24 heavy (non-hydrogen) atoms. The maximum Gasteiger partial charge on any atom is 0.251 e. The molecule has 0 aliphatic heterocycles. The molecule has 0 fully saturated rings. The normalized spacial score (nSPS) is 11.9. The molecule has 5 nitrogen and oxygen atoms in total. The largest absolute Gasteiger partial charge is 0.423 e. The summed E-state index contributed by atoms with van der Waals surface area (Å²) in [7, 11) is 0. The van der Waals surface area contributed by atoms with Crippen molar-refractivity contribution in [2.75, 3.05) is 0 Å². The van der Waals surface area contributed by atoms with Gasteiger partial charge in [0.2, 0.25) is 12.3 Å². The van der Waals surface area contributed by atoms with Gasteiger partial charge in [-0.05, 0) is 42.3 Å². The molecule has 0 saturated heterocycles. The molecular formula is C18H16ClN3O2. The van der Waals surface area contributed by atoms with Gasteiger partial charge in [0.1, 0.15) is 0 Å². The molecule has 2 aromatic carbocycles. The highest BCUT2D eigenvalue weighted by Crippen LogP contribution is 2.21. The van der Waals surface area contributed by atoms with Gasteiger partial charge in [-0.3, -0.25) is 4.79 Å². The zero-order valence-electron chi connectivity index (χ0n) is 13.1. The Morgan fingerprint density at radius 2 is 2.04 bits per heavy atom. The van der Waals surface area contributed by atoms with Crippen molar-refractivity contribution >= 4 is 17.5 Å². The van der Waals surface area contributed by atoms with Crippen LogP contribution in [0.2, 0.25) is 5.02 Å². The fourth-order valence-electron chi connectivity index (χ4n) is 2.45. The number of hydrogen-bond acceptors (Lipinski definition) is 4. The van der Waals surface area contributed by atoms with Crippen LogP contribution in [0.25, 0.3) is 11.5 Å². The molecule has 0 saturated carbocycles. The standard InChI is InChI=1S/C18H16ClN3O2/c1-2-16(12-6-8-15(19)9-7-12)21-17(23)13-4-3-5-14(10-13)18-22-20-11-24-18/h3-11,16H,2H2,1H3,(H,21,23)/t16-/m1/s1. The van der Waals surface area contributed by atoms with E-state index in [9.17, 15) is 4.79 Å². The highest BCUT2D eigenvalue weighted by atomic mass is 35.5. The summed E-state index contributed by atoms with van der Waals surface area (Å²) in [6.07, 6.45) is 2.03. The number of rotatable bonds is 5. The number of nitrogens with one attached hydrogen (secondary N) is 1. The number of amides is 1. The Labute approximate surface area is 144 Å². The van der Waals surface area contributed by atoms with Crippen molar-refractivity contribution in [1.82, 2.24) is 15.5 Å². The minimum atomic E-state index is -0.154. The lowest BCUT2D eigenvalue weighted by Crippen LogP contribution is -2.28. The first kappa shape index (κ1) is 16.2. The van der Waals surface area contributed by atoms with Gasteiger partial charge in [0, 0.05) is 16.1 Å². The van der Waals surface area contributed by atoms with E-state index in [-0.39, 0.29) is 11.9 Å². The molecular weight excluding hydrogens is 326 g/mol. The van der Waals surface area contributed by atoms with Gasteiger partial charge < -0.3 is 9.73 Å². The molecule has 3 aromatic rings. The lowest BCUT2D eigenvalue weighted by atomic mass is 10.0. The van der Waals surface area contributed by atoms with Crippen LogP contribution in [0.1, 0.15) is 35.3 Å². The second-order valence-corrected chi connectivity index (χ2v) is 5.75. The maximum absolute atomic E-state index is 12.6. The predicted octanol–water partition coefficient (Wildman–Crippen LogP) is 4.27. The summed E-state index contributed by atoms with van der Waals surface area (Å²) in [6, 6.07) is 14.5. The average molecular weight is 342 g/mol. The maximum atomic E-state index is 12.6. The van der Waals surface area contributed by atoms with Crippen LogP contribution in [0.3, 0.4) is 0 Å². The molecule has 1 N–H and O–H groups in total. The Morgan fingerprint density at radius 1 is 1.25 bits per heavy atom. The highest BCUT2D eigenvalue weighted by Gasteiger charge is 2.15. The minimum absolute atomic E-state index is 0.0816. The summed E-state index contributed by atoms with van der Waals surface area (Å²) in [5, 5.41) is 11.2. The van der Waals surface area contributed by atoms with Gasteiger partial charge in [0.05, 0.1) is 6.04 Å². The molecule has 0 radical (unpaired) electrons. The Morgan fingerprint density at radius 3 is 2.71 bits per heavy atom. The van der Waals surface area contributed by atoms with Crippen molar-refractivity contribution in [3.63, 3.8) is 0 Å². The summed E-state index contributed by atoms with van der Waals surface area (Å²) in [5.74, 6) is 0.229. The number of hydrogen-bond donors (Lipinski definition) is 1. The first-order valence-corrected chi connectivity index (χ1v) is 7.98. The van der Waals surface area contributed by atoms with Crippen LogP contribution in [0.4, 0.5) is 0 Å². The highest BCUT2D eigenvalue weighted by molar-refractivity contribution is 6.30. The molecule has 1 amide bonds. The molecule has 1 heterocycles. The van der Waals surface area contributed by atoms with E-state index in [0.29, 0.717) is 22.0 Å². The lowest BCUT2D eigenvalue weighted by Gasteiger charge is -2.17. The Balaban J connectivity index is 1.78. The topological polar surface area (TPSA) is 68.0 Å². The third-order valence-electron chi connectivity index (χ3n) is 3.72. The quantitative estimate of drug-likeness (QED) is 0.752. The first-order chi connectivity index (χ1) is 11.7. The van der Waals surface area contributed by atoms with Gasteiger partial charge in [0.25, 0.3) is 5.91 Å². The predicted molar refractivity (Wildman–Crippen MR) is 91.7 cm³/mol. The molecule has 0 aliphatic carbocycles. The van der Waals surface area contributed by atoms with Gasteiger partial charge in [-0.15, -0.1) is 10.2 Å². The second-order valence-electron chi connectivity index (χ2n) is 5.31. The number of nitrogens with zero attached hydrogens (tertiary/aromatic N) is 2. The van der Waals surface area contributed by atoms with Gasteiger partial charge in [-0.1, -0.05) is 36.7 Å². The summed E-state index contributed by atoms with van der Waals surface area (Å²) < 4.78 is 5.17. The third kappa shape index (κ3) is 3.63. The number of benzene rings is 2. The fourth-order valence-corrected chi connectivity index (χ4v) is 2.58. The number of aromatic nitrogens is 2. The Hall–Kier alpha value is -2.66. The zero-order valence-corrected chi connectivity index (χ0v) is 13.8. The summed E-state index contributed by atoms with van der Waals surface area (Å²) >= 11 is 5.92. The van der Waals surface area contributed by atoms with Crippen molar-refractivity contribution in [3.05, 3.63) is 71.1 Å². The van der Waals surface area contributed by atoms with Crippen molar-refractivity contribution < 1.29 is 9.21 Å². The monoisotopic (exact) mass is 341 g/mol. The average Bonchev–Trinajstić information content (AvgIpc) is 3.15. The van der Waals surface area contributed by atoms with E-state index < -0.39 is 0 Å². The van der Waals surface area contributed by atoms with Crippen LogP contribution >= 0.6 is 11.6 Å². The molecule has 122 valence electrons. The van der Waals surface area contributed by atoms with Crippen LogP contribution in [-0.2, 0) is 0 Å². The van der Waals surface area contributed by atoms with Crippen LogP contribution in [0.5, 0.6) is 0 Å². The van der Waals surface area contributed by atoms with E-state index in [2.05, 4.69) is 15.5 Å². The SMILES string of the molecule is CC[C@@H](NC(=O)c1cccc(-c2nnco2)c1)c1ccc(Cl)cc1. The number of halogens is 1. The van der Waals surface area contributed by atoms with Gasteiger partial charge in [-0.25, -0.2) is 0 Å². The van der Waals surface area contributed by atoms with Gasteiger partial charge in [-0.2, -0.15) is 0 Å². The van der Waals surface area contributed by atoms with Crippen LogP contribution in [0.15, 0.2) is 59.3 Å². The van der Waals surface area contributed by atoms with Crippen LogP contribution in [0, 0.1) is 0 Å². The molecule has 1 aromatic heterocycles. The van der Waals surface area contributed by atoms with E-state index >= 15 is 0 Å². The number of carbonyl (C=O) groups is 1. The zero-order chi connectivity index (χ0) is 16.9. The lowest BCUT2D eigenvalue weighted by molar-refractivity contribution is 0.0935. The van der Waals surface area contributed by atoms with Crippen LogP contribution < -0.4 is 5.32 Å². The van der Waals surface area contributed by atoms with Gasteiger partial charge in [0.15, 0.2) is 0 Å². The van der Waals surface area contributed by atoms with Crippen molar-refractivity contribution in [2.24, 2.45) is 0 Å².